The van der Waals surface area contributed by atoms with Crippen LogP contribution in [0.2, 0.25) is 0 Å². The van der Waals surface area contributed by atoms with Crippen LogP contribution in [0.3, 0.4) is 0 Å². The van der Waals surface area contributed by atoms with Gasteiger partial charge in [-0.25, -0.2) is 4.39 Å². The molecule has 3 aliphatic carbocycles. The largest absolute Gasteiger partial charge is 0.496 e. The van der Waals surface area contributed by atoms with Gasteiger partial charge in [-0.15, -0.1) is 0 Å². The van der Waals surface area contributed by atoms with Crippen LogP contribution < -0.4 is 20.1 Å². The molecule has 3 aliphatic rings. The molecule has 0 heterocycles. The molecular formula is C31H34F4N2O6. The first-order chi connectivity index (χ1) is 20.3. The SMILES string of the molecule is COc1cc(F)c(OC2CCC(C(=O)O)CC2)cc1C(=O)NC1C2CCC(C2)C1C(=O)Nc1ccc(C)c(C(F)(F)F)c1. The van der Waals surface area contributed by atoms with E-state index in [1.165, 1.54) is 32.2 Å². The quantitative estimate of drug-likeness (QED) is 0.319. The highest BCUT2D eigenvalue weighted by atomic mass is 19.4. The minimum Gasteiger partial charge on any atom is -0.496 e. The van der Waals surface area contributed by atoms with Gasteiger partial charge in [-0.05, 0) is 87.5 Å². The number of carboxylic acids is 1. The summed E-state index contributed by atoms with van der Waals surface area (Å²) >= 11 is 0. The Morgan fingerprint density at radius 3 is 2.30 bits per heavy atom. The number of hydrogen-bond donors (Lipinski definition) is 3. The second-order valence-electron chi connectivity index (χ2n) is 11.8. The summed E-state index contributed by atoms with van der Waals surface area (Å²) in [5.41, 5.74) is -0.761. The number of alkyl halides is 3. The van der Waals surface area contributed by atoms with E-state index in [1.54, 1.807) is 0 Å². The van der Waals surface area contributed by atoms with Gasteiger partial charge in [0.2, 0.25) is 5.91 Å². The summed E-state index contributed by atoms with van der Waals surface area (Å²) < 4.78 is 66.3. The first kappa shape index (κ1) is 30.6. The van der Waals surface area contributed by atoms with Crippen molar-refractivity contribution >= 4 is 23.5 Å². The number of amides is 2. The molecule has 0 radical (unpaired) electrons. The number of carbonyl (C=O) groups excluding carboxylic acids is 2. The van der Waals surface area contributed by atoms with Crippen LogP contribution in [0.25, 0.3) is 0 Å². The third kappa shape index (κ3) is 6.42. The van der Waals surface area contributed by atoms with Crippen LogP contribution >= 0.6 is 0 Å². The van der Waals surface area contributed by atoms with Crippen LogP contribution in [0.5, 0.6) is 11.5 Å². The molecule has 2 aromatic rings. The molecule has 232 valence electrons. The maximum absolute atomic E-state index is 14.9. The van der Waals surface area contributed by atoms with Crippen molar-refractivity contribution in [1.29, 1.82) is 0 Å². The second-order valence-corrected chi connectivity index (χ2v) is 11.8. The van der Waals surface area contributed by atoms with Gasteiger partial charge in [0.05, 0.1) is 36.2 Å². The monoisotopic (exact) mass is 606 g/mol. The highest BCUT2D eigenvalue weighted by Crippen LogP contribution is 2.49. The highest BCUT2D eigenvalue weighted by molar-refractivity contribution is 5.99. The lowest BCUT2D eigenvalue weighted by Crippen LogP contribution is -2.48. The van der Waals surface area contributed by atoms with Crippen molar-refractivity contribution < 1.29 is 46.5 Å². The maximum atomic E-state index is 14.9. The fraction of sp³-hybridized carbons (Fsp3) is 0.516. The van der Waals surface area contributed by atoms with Crippen molar-refractivity contribution in [2.24, 2.45) is 23.7 Å². The van der Waals surface area contributed by atoms with E-state index in [1.807, 2.05) is 0 Å². The molecule has 2 amide bonds. The van der Waals surface area contributed by atoms with Crippen LogP contribution in [0.4, 0.5) is 23.2 Å². The van der Waals surface area contributed by atoms with Gasteiger partial charge in [-0.3, -0.25) is 14.4 Å². The molecule has 3 saturated carbocycles. The van der Waals surface area contributed by atoms with Crippen molar-refractivity contribution in [1.82, 2.24) is 5.32 Å². The van der Waals surface area contributed by atoms with Crippen LogP contribution in [0, 0.1) is 36.4 Å². The maximum Gasteiger partial charge on any atom is 0.416 e. The summed E-state index contributed by atoms with van der Waals surface area (Å²) in [6, 6.07) is 5.35. The molecule has 2 bridgehead atoms. The number of carbonyl (C=O) groups is 3. The van der Waals surface area contributed by atoms with Gasteiger partial charge >= 0.3 is 12.1 Å². The van der Waals surface area contributed by atoms with Gasteiger partial charge in [0, 0.05) is 17.8 Å². The smallest absolute Gasteiger partial charge is 0.416 e. The van der Waals surface area contributed by atoms with E-state index >= 15 is 0 Å². The Bertz CT molecular complexity index is 1410. The topological polar surface area (TPSA) is 114 Å². The Kier molecular flexibility index (Phi) is 8.58. The third-order valence-electron chi connectivity index (χ3n) is 9.14. The lowest BCUT2D eigenvalue weighted by atomic mass is 9.83. The summed E-state index contributed by atoms with van der Waals surface area (Å²) in [7, 11) is 1.30. The number of carboxylic acid groups (broad SMARTS) is 1. The van der Waals surface area contributed by atoms with E-state index in [4.69, 9.17) is 9.47 Å². The predicted octanol–water partition coefficient (Wildman–Crippen LogP) is 5.97. The van der Waals surface area contributed by atoms with Gasteiger partial charge in [0.15, 0.2) is 11.6 Å². The third-order valence-corrected chi connectivity index (χ3v) is 9.14. The highest BCUT2D eigenvalue weighted by Gasteiger charge is 2.51. The molecule has 3 N–H and O–H groups in total. The van der Waals surface area contributed by atoms with Crippen molar-refractivity contribution in [2.75, 3.05) is 12.4 Å². The van der Waals surface area contributed by atoms with Crippen LogP contribution in [-0.4, -0.2) is 42.1 Å². The van der Waals surface area contributed by atoms with E-state index < -0.39 is 59.3 Å². The average Bonchev–Trinajstić information content (AvgIpc) is 3.56. The molecule has 4 atom stereocenters. The zero-order valence-corrected chi connectivity index (χ0v) is 23.8. The lowest BCUT2D eigenvalue weighted by molar-refractivity contribution is -0.143. The number of aliphatic carboxylic acids is 1. The number of ether oxygens (including phenoxy) is 2. The van der Waals surface area contributed by atoms with Gasteiger partial charge in [-0.1, -0.05) is 6.07 Å². The Labute approximate surface area is 246 Å². The summed E-state index contributed by atoms with van der Waals surface area (Å²) in [4.78, 5) is 38.2. The number of nitrogens with one attached hydrogen (secondary N) is 2. The summed E-state index contributed by atoms with van der Waals surface area (Å²) in [5, 5.41) is 14.8. The van der Waals surface area contributed by atoms with Crippen LogP contribution in [0.15, 0.2) is 30.3 Å². The van der Waals surface area contributed by atoms with Crippen LogP contribution in [-0.2, 0) is 15.8 Å². The zero-order valence-electron chi connectivity index (χ0n) is 23.8. The number of fused-ring (bicyclic) bond motifs is 2. The molecule has 5 rings (SSSR count). The Balaban J connectivity index is 1.32. The van der Waals surface area contributed by atoms with E-state index in [-0.39, 0.29) is 40.1 Å². The lowest BCUT2D eigenvalue weighted by Gasteiger charge is -2.31. The van der Waals surface area contributed by atoms with E-state index in [0.29, 0.717) is 32.1 Å². The van der Waals surface area contributed by atoms with Gasteiger partial charge in [-0.2, -0.15) is 13.2 Å². The second kappa shape index (κ2) is 12.0. The standard InChI is InChI=1S/C31H34F4N2O6/c1-15-3-8-19(12-22(15)31(33,34)35)36-29(39)26-17-4-5-18(11-17)27(26)37-28(38)21-13-25(23(32)14-24(21)42-2)43-20-9-6-16(7-10-20)30(40)41/h3,8,12-14,16-18,20,26-27H,4-7,9-11H2,1-2H3,(H,36,39)(H,37,38)(H,40,41). The number of rotatable bonds is 8. The molecular weight excluding hydrogens is 572 g/mol. The molecule has 2 aromatic carbocycles. The number of aryl methyl sites for hydroxylation is 1. The fourth-order valence-corrected chi connectivity index (χ4v) is 6.92. The van der Waals surface area contributed by atoms with Crippen molar-refractivity contribution in [3.8, 4) is 11.5 Å². The summed E-state index contributed by atoms with van der Waals surface area (Å²) in [5.74, 6) is -4.03. The summed E-state index contributed by atoms with van der Waals surface area (Å²) in [6.45, 7) is 1.35. The van der Waals surface area contributed by atoms with Gasteiger partial charge < -0.3 is 25.2 Å². The average molecular weight is 607 g/mol. The van der Waals surface area contributed by atoms with Crippen LogP contribution in [0.1, 0.15) is 66.4 Å². The van der Waals surface area contributed by atoms with E-state index in [2.05, 4.69) is 10.6 Å². The molecule has 12 heteroatoms. The number of methoxy groups -OCH3 is 1. The normalized spacial score (nSPS) is 26.6. The molecule has 0 spiro atoms. The van der Waals surface area contributed by atoms with Gasteiger partial charge in [0.25, 0.3) is 5.91 Å². The van der Waals surface area contributed by atoms with Crippen molar-refractivity contribution in [2.45, 2.75) is 70.2 Å². The molecule has 43 heavy (non-hydrogen) atoms. The number of benzene rings is 2. The molecule has 0 aliphatic heterocycles. The Hall–Kier alpha value is -3.83. The summed E-state index contributed by atoms with van der Waals surface area (Å²) in [6.07, 6.45) is -1.07. The fourth-order valence-electron chi connectivity index (χ4n) is 6.92. The number of hydrogen-bond acceptors (Lipinski definition) is 5. The first-order valence-electron chi connectivity index (χ1n) is 14.4. The van der Waals surface area contributed by atoms with Gasteiger partial charge in [0.1, 0.15) is 5.75 Å². The molecule has 3 fully saturated rings. The minimum atomic E-state index is -4.57. The molecule has 0 aromatic heterocycles. The van der Waals surface area contributed by atoms with E-state index in [9.17, 15) is 37.1 Å². The molecule has 8 nitrogen and oxygen atoms in total. The van der Waals surface area contributed by atoms with Crippen molar-refractivity contribution in [3.63, 3.8) is 0 Å². The number of anilines is 1. The van der Waals surface area contributed by atoms with Crippen molar-refractivity contribution in [3.05, 3.63) is 52.8 Å². The Morgan fingerprint density at radius 2 is 1.65 bits per heavy atom. The molecule has 0 saturated heterocycles. The van der Waals surface area contributed by atoms with E-state index in [0.717, 1.165) is 25.0 Å². The first-order valence-corrected chi connectivity index (χ1v) is 14.4. The Morgan fingerprint density at radius 1 is 0.953 bits per heavy atom. The molecule has 4 unspecified atom stereocenters. The minimum absolute atomic E-state index is 0.0000347. The number of halogens is 4. The zero-order chi connectivity index (χ0) is 31.1. The predicted molar refractivity (Wildman–Crippen MR) is 147 cm³/mol.